The summed E-state index contributed by atoms with van der Waals surface area (Å²) in [4.78, 5) is 36.4. The first-order valence-corrected chi connectivity index (χ1v) is 7.82. The number of pyridine rings is 2. The predicted octanol–water partition coefficient (Wildman–Crippen LogP) is 3.46. The van der Waals surface area contributed by atoms with E-state index in [-0.39, 0.29) is 11.1 Å². The number of hydrogen-bond acceptors (Lipinski definition) is 7. The third-order valence-corrected chi connectivity index (χ3v) is 4.20. The first-order chi connectivity index (χ1) is 13.4. The number of halogens is 4. The van der Waals surface area contributed by atoms with E-state index < -0.39 is 55.0 Å². The Balaban J connectivity index is 2.51. The highest BCUT2D eigenvalue weighted by molar-refractivity contribution is 6.32. The van der Waals surface area contributed by atoms with Crippen molar-refractivity contribution in [3.8, 4) is 5.69 Å². The van der Waals surface area contributed by atoms with E-state index in [0.717, 1.165) is 24.3 Å². The van der Waals surface area contributed by atoms with Crippen LogP contribution < -0.4 is 11.3 Å². The Hall–Kier alpha value is -3.74. The monoisotopic (exact) mass is 429 g/mol. The molecule has 3 rings (SSSR count). The van der Waals surface area contributed by atoms with E-state index in [9.17, 15) is 38.2 Å². The number of fused-ring (bicyclic) bond motifs is 1. The van der Waals surface area contributed by atoms with Crippen molar-refractivity contribution in [1.82, 2.24) is 9.55 Å². The van der Waals surface area contributed by atoms with E-state index in [2.05, 4.69) is 4.98 Å². The van der Waals surface area contributed by atoms with Gasteiger partial charge in [0, 0.05) is 17.5 Å². The highest BCUT2D eigenvalue weighted by Gasteiger charge is 2.34. The van der Waals surface area contributed by atoms with Gasteiger partial charge in [-0.1, -0.05) is 11.6 Å². The highest BCUT2D eigenvalue weighted by Crippen LogP contribution is 2.34. The molecule has 0 fully saturated rings. The zero-order valence-electron chi connectivity index (χ0n) is 13.8. The lowest BCUT2D eigenvalue weighted by Gasteiger charge is -2.14. The number of alkyl halides is 3. The summed E-state index contributed by atoms with van der Waals surface area (Å²) in [5.74, 6) is 0. The van der Waals surface area contributed by atoms with Gasteiger partial charge >= 0.3 is 17.4 Å². The van der Waals surface area contributed by atoms with Crippen molar-refractivity contribution in [2.45, 2.75) is 6.18 Å². The van der Waals surface area contributed by atoms with Gasteiger partial charge in [0.15, 0.2) is 5.65 Å². The molecular formula is C15H7ClF3N5O5. The average Bonchev–Trinajstić information content (AvgIpc) is 2.61. The molecular weight excluding hydrogens is 423 g/mol. The van der Waals surface area contributed by atoms with Gasteiger partial charge in [-0.2, -0.15) is 13.2 Å². The van der Waals surface area contributed by atoms with Crippen LogP contribution in [0.5, 0.6) is 0 Å². The van der Waals surface area contributed by atoms with Gasteiger partial charge in [-0.15, -0.1) is 0 Å². The molecule has 0 aliphatic carbocycles. The molecule has 150 valence electrons. The number of anilines is 1. The first kappa shape index (κ1) is 20.0. The number of aromatic nitrogens is 2. The predicted molar refractivity (Wildman–Crippen MR) is 95.1 cm³/mol. The maximum Gasteiger partial charge on any atom is 0.433 e. The van der Waals surface area contributed by atoms with E-state index >= 15 is 0 Å². The third-order valence-electron chi connectivity index (χ3n) is 3.89. The van der Waals surface area contributed by atoms with Gasteiger partial charge in [0.1, 0.15) is 11.4 Å². The number of rotatable bonds is 3. The summed E-state index contributed by atoms with van der Waals surface area (Å²) in [5, 5.41) is 21.4. The van der Waals surface area contributed by atoms with E-state index in [1.54, 1.807) is 0 Å². The molecule has 0 unspecified atom stereocenters. The number of benzene rings is 1. The number of nitro groups is 2. The second-order valence-electron chi connectivity index (χ2n) is 5.62. The summed E-state index contributed by atoms with van der Waals surface area (Å²) in [7, 11) is 0. The summed E-state index contributed by atoms with van der Waals surface area (Å²) >= 11 is 5.97. The lowest BCUT2D eigenvalue weighted by atomic mass is 10.1. The lowest BCUT2D eigenvalue weighted by Crippen LogP contribution is -2.25. The van der Waals surface area contributed by atoms with Crippen molar-refractivity contribution >= 4 is 39.7 Å². The minimum atomic E-state index is -4.88. The maximum atomic E-state index is 13.1. The van der Waals surface area contributed by atoms with E-state index in [1.807, 2.05) is 0 Å². The Morgan fingerprint density at radius 1 is 1.10 bits per heavy atom. The molecule has 2 heterocycles. The van der Waals surface area contributed by atoms with Crippen molar-refractivity contribution in [2.24, 2.45) is 0 Å². The van der Waals surface area contributed by atoms with E-state index in [0.29, 0.717) is 10.6 Å². The zero-order valence-corrected chi connectivity index (χ0v) is 14.6. The fourth-order valence-electron chi connectivity index (χ4n) is 2.62. The second kappa shape index (κ2) is 6.70. The summed E-state index contributed by atoms with van der Waals surface area (Å²) in [5.41, 5.74) is -0.396. The fraction of sp³-hybridized carbons (Fsp3) is 0.0667. The molecule has 10 nitrogen and oxygen atoms in total. The standard InChI is InChI=1S/C15H7ClF3N5O5/c16-8-5-6(23(26)27)1-3-9(8)22-13-7(2-4-10(21-13)15(17,18)19)11(20)12(14(22)25)24(28)29/h1-5H,20H2. The van der Waals surface area contributed by atoms with Crippen molar-refractivity contribution in [3.63, 3.8) is 0 Å². The minimum Gasteiger partial charge on any atom is -0.392 e. The van der Waals surface area contributed by atoms with Crippen LogP contribution in [0.4, 0.5) is 30.2 Å². The average molecular weight is 430 g/mol. The van der Waals surface area contributed by atoms with Crippen LogP contribution in [0.15, 0.2) is 35.1 Å². The maximum absolute atomic E-state index is 13.1. The van der Waals surface area contributed by atoms with Gasteiger partial charge in [-0.3, -0.25) is 29.6 Å². The molecule has 0 amide bonds. The van der Waals surface area contributed by atoms with Gasteiger partial charge in [0.2, 0.25) is 0 Å². The summed E-state index contributed by atoms with van der Waals surface area (Å²) in [6.07, 6.45) is -4.88. The number of nitrogen functional groups attached to an aromatic ring is 1. The molecule has 2 aromatic heterocycles. The van der Waals surface area contributed by atoms with Gasteiger partial charge in [-0.25, -0.2) is 4.98 Å². The van der Waals surface area contributed by atoms with Crippen LogP contribution >= 0.6 is 11.6 Å². The molecule has 1 aromatic carbocycles. The van der Waals surface area contributed by atoms with Crippen LogP contribution in [-0.4, -0.2) is 19.4 Å². The molecule has 0 aliphatic rings. The largest absolute Gasteiger partial charge is 0.433 e. The van der Waals surface area contributed by atoms with Crippen molar-refractivity contribution in [3.05, 3.63) is 71.6 Å². The Morgan fingerprint density at radius 3 is 2.28 bits per heavy atom. The number of nitro benzene ring substituents is 1. The van der Waals surface area contributed by atoms with Crippen LogP contribution in [0.25, 0.3) is 16.7 Å². The van der Waals surface area contributed by atoms with Crippen molar-refractivity contribution < 1.29 is 23.0 Å². The zero-order chi connectivity index (χ0) is 21.7. The normalized spacial score (nSPS) is 11.6. The molecule has 0 aliphatic heterocycles. The topological polar surface area (TPSA) is 147 Å². The number of hydrogen-bond donors (Lipinski definition) is 1. The summed E-state index contributed by atoms with van der Waals surface area (Å²) in [6, 6.07) is 4.11. The third kappa shape index (κ3) is 3.31. The molecule has 0 spiro atoms. The minimum absolute atomic E-state index is 0.307. The van der Waals surface area contributed by atoms with Gasteiger partial charge in [-0.05, 0) is 18.2 Å². The second-order valence-corrected chi connectivity index (χ2v) is 6.03. The Labute approximate surface area is 162 Å². The molecule has 0 radical (unpaired) electrons. The molecule has 0 bridgehead atoms. The van der Waals surface area contributed by atoms with E-state index in [1.165, 1.54) is 0 Å². The smallest absolute Gasteiger partial charge is 0.392 e. The molecule has 29 heavy (non-hydrogen) atoms. The quantitative estimate of drug-likeness (QED) is 0.495. The van der Waals surface area contributed by atoms with Crippen LogP contribution in [0.2, 0.25) is 5.02 Å². The first-order valence-electron chi connectivity index (χ1n) is 7.44. The van der Waals surface area contributed by atoms with Gasteiger partial charge in [0.05, 0.1) is 20.6 Å². The Morgan fingerprint density at radius 2 is 1.76 bits per heavy atom. The van der Waals surface area contributed by atoms with Crippen LogP contribution in [0.1, 0.15) is 5.69 Å². The van der Waals surface area contributed by atoms with Gasteiger partial charge in [0.25, 0.3) is 5.69 Å². The molecule has 3 aromatic rings. The van der Waals surface area contributed by atoms with Crippen molar-refractivity contribution in [2.75, 3.05) is 5.73 Å². The lowest BCUT2D eigenvalue weighted by molar-refractivity contribution is -0.385. The number of nitrogens with zero attached hydrogens (tertiary/aromatic N) is 4. The van der Waals surface area contributed by atoms with Gasteiger partial charge < -0.3 is 5.73 Å². The van der Waals surface area contributed by atoms with Crippen LogP contribution in [-0.2, 0) is 6.18 Å². The van der Waals surface area contributed by atoms with E-state index in [4.69, 9.17) is 17.3 Å². The Bertz CT molecular complexity index is 1260. The number of non-ortho nitro benzene ring substituents is 1. The number of nitrogens with two attached hydrogens (primary N) is 1. The molecule has 14 heteroatoms. The summed E-state index contributed by atoms with van der Waals surface area (Å²) in [6.45, 7) is 0. The molecule has 2 N–H and O–H groups in total. The van der Waals surface area contributed by atoms with Crippen molar-refractivity contribution in [1.29, 1.82) is 0 Å². The molecule has 0 saturated heterocycles. The summed E-state index contributed by atoms with van der Waals surface area (Å²) < 4.78 is 39.7. The highest BCUT2D eigenvalue weighted by atomic mass is 35.5. The van der Waals surface area contributed by atoms with Crippen LogP contribution in [0.3, 0.4) is 0 Å². The SMILES string of the molecule is Nc1c([N+](=O)[O-])c(=O)n(-c2ccc([N+](=O)[O-])cc2Cl)c2nc(C(F)(F)F)ccc12. The van der Waals surface area contributed by atoms with Crippen LogP contribution in [0, 0.1) is 20.2 Å². The Kier molecular flexibility index (Phi) is 4.62. The molecule has 0 saturated carbocycles. The fourth-order valence-corrected chi connectivity index (χ4v) is 2.88. The molecule has 0 atom stereocenters.